The summed E-state index contributed by atoms with van der Waals surface area (Å²) in [5.74, 6) is 1.53. The van der Waals surface area contributed by atoms with Gasteiger partial charge in [0.1, 0.15) is 0 Å². The molecule has 1 atom stereocenters. The summed E-state index contributed by atoms with van der Waals surface area (Å²) in [6.45, 7) is 12.8. The Balaban J connectivity index is 2.05. The van der Waals surface area contributed by atoms with Crippen LogP contribution in [0.1, 0.15) is 45.5 Å². The van der Waals surface area contributed by atoms with Crippen molar-refractivity contribution in [1.82, 2.24) is 19.9 Å². The summed E-state index contributed by atoms with van der Waals surface area (Å²) in [6.07, 6.45) is 0. The zero-order valence-corrected chi connectivity index (χ0v) is 12.1. The Kier molecular flexibility index (Phi) is 3.73. The van der Waals surface area contributed by atoms with E-state index >= 15 is 0 Å². The molecule has 1 aliphatic heterocycles. The molecule has 5 heteroatoms. The van der Waals surface area contributed by atoms with Gasteiger partial charge in [0.2, 0.25) is 5.89 Å². The van der Waals surface area contributed by atoms with Crippen molar-refractivity contribution in [3.8, 4) is 0 Å². The molecule has 0 N–H and O–H groups in total. The lowest BCUT2D eigenvalue weighted by atomic mass is 9.96. The van der Waals surface area contributed by atoms with Crippen LogP contribution in [0.2, 0.25) is 0 Å². The fourth-order valence-corrected chi connectivity index (χ4v) is 2.07. The lowest BCUT2D eigenvalue weighted by Crippen LogP contribution is -2.45. The second-order valence-electron chi connectivity index (χ2n) is 6.22. The van der Waals surface area contributed by atoms with E-state index in [0.717, 1.165) is 37.9 Å². The molecular weight excluding hydrogens is 228 g/mol. The van der Waals surface area contributed by atoms with Gasteiger partial charge in [-0.2, -0.15) is 4.98 Å². The molecule has 102 valence electrons. The third-order valence-electron chi connectivity index (χ3n) is 3.56. The fourth-order valence-electron chi connectivity index (χ4n) is 2.07. The predicted octanol–water partition coefficient (Wildman–Crippen LogP) is 1.68. The average molecular weight is 252 g/mol. The normalized spacial score (nSPS) is 21.2. The van der Waals surface area contributed by atoms with E-state index < -0.39 is 0 Å². The van der Waals surface area contributed by atoms with E-state index in [1.807, 2.05) is 0 Å². The van der Waals surface area contributed by atoms with E-state index in [1.165, 1.54) is 0 Å². The first kappa shape index (κ1) is 13.5. The molecule has 1 saturated heterocycles. The van der Waals surface area contributed by atoms with Gasteiger partial charge >= 0.3 is 0 Å². The van der Waals surface area contributed by atoms with Gasteiger partial charge < -0.3 is 9.42 Å². The number of aromatic nitrogens is 2. The Bertz CT molecular complexity index is 388. The maximum atomic E-state index is 5.42. The maximum Gasteiger partial charge on any atom is 0.243 e. The first-order valence-corrected chi connectivity index (χ1v) is 6.64. The highest BCUT2D eigenvalue weighted by atomic mass is 16.5. The van der Waals surface area contributed by atoms with Gasteiger partial charge in [0, 0.05) is 31.6 Å². The van der Waals surface area contributed by atoms with Crippen molar-refractivity contribution in [2.24, 2.45) is 0 Å². The van der Waals surface area contributed by atoms with Crippen molar-refractivity contribution in [2.45, 2.75) is 39.2 Å². The van der Waals surface area contributed by atoms with Crippen molar-refractivity contribution in [3.63, 3.8) is 0 Å². The first-order valence-electron chi connectivity index (χ1n) is 6.64. The van der Waals surface area contributed by atoms with Crippen LogP contribution >= 0.6 is 0 Å². The van der Waals surface area contributed by atoms with Crippen LogP contribution in [-0.2, 0) is 5.41 Å². The lowest BCUT2D eigenvalue weighted by molar-refractivity contribution is 0.102. The Morgan fingerprint density at radius 2 is 1.78 bits per heavy atom. The molecule has 1 aromatic rings. The van der Waals surface area contributed by atoms with Crippen molar-refractivity contribution < 1.29 is 4.52 Å². The first-order chi connectivity index (χ1) is 8.38. The van der Waals surface area contributed by atoms with Gasteiger partial charge in [0.25, 0.3) is 0 Å². The molecule has 0 radical (unpaired) electrons. The van der Waals surface area contributed by atoms with Crippen molar-refractivity contribution in [2.75, 3.05) is 33.2 Å². The molecule has 1 fully saturated rings. The molecule has 0 spiro atoms. The standard InChI is InChI=1S/C13H24N4O/c1-10(17-8-6-16(5)7-9-17)11-14-12(15-18-11)13(2,3)4/h10H,6-9H2,1-5H3. The SMILES string of the molecule is CC(c1nc(C(C)(C)C)no1)N1CCN(C)CC1. The maximum absolute atomic E-state index is 5.42. The minimum absolute atomic E-state index is 0.0520. The zero-order valence-electron chi connectivity index (χ0n) is 12.1. The summed E-state index contributed by atoms with van der Waals surface area (Å²) >= 11 is 0. The van der Waals surface area contributed by atoms with E-state index in [2.05, 4.69) is 54.7 Å². The summed E-state index contributed by atoms with van der Waals surface area (Å²) in [5.41, 5.74) is -0.0520. The second-order valence-corrected chi connectivity index (χ2v) is 6.22. The molecule has 5 nitrogen and oxygen atoms in total. The smallest absolute Gasteiger partial charge is 0.243 e. The molecule has 0 bridgehead atoms. The van der Waals surface area contributed by atoms with Gasteiger partial charge in [-0.1, -0.05) is 25.9 Å². The summed E-state index contributed by atoms with van der Waals surface area (Å²) in [4.78, 5) is 9.29. The number of nitrogens with zero attached hydrogens (tertiary/aromatic N) is 4. The third kappa shape index (κ3) is 2.90. The number of piperazine rings is 1. The zero-order chi connectivity index (χ0) is 13.3. The summed E-state index contributed by atoms with van der Waals surface area (Å²) in [5, 5.41) is 4.10. The van der Waals surface area contributed by atoms with Gasteiger partial charge in [-0.3, -0.25) is 4.90 Å². The highest BCUT2D eigenvalue weighted by Gasteiger charge is 2.27. The minimum Gasteiger partial charge on any atom is -0.338 e. The van der Waals surface area contributed by atoms with E-state index in [4.69, 9.17) is 4.52 Å². The van der Waals surface area contributed by atoms with E-state index in [1.54, 1.807) is 0 Å². The quantitative estimate of drug-likeness (QED) is 0.801. The molecule has 0 saturated carbocycles. The van der Waals surface area contributed by atoms with Gasteiger partial charge in [0.05, 0.1) is 6.04 Å². The molecule has 0 amide bonds. The van der Waals surface area contributed by atoms with Crippen LogP contribution in [-0.4, -0.2) is 53.2 Å². The van der Waals surface area contributed by atoms with Crippen molar-refractivity contribution >= 4 is 0 Å². The van der Waals surface area contributed by atoms with Gasteiger partial charge in [-0.25, -0.2) is 0 Å². The fraction of sp³-hybridized carbons (Fsp3) is 0.846. The largest absolute Gasteiger partial charge is 0.338 e. The van der Waals surface area contributed by atoms with Crippen LogP contribution in [0.5, 0.6) is 0 Å². The summed E-state index contributed by atoms with van der Waals surface area (Å²) in [7, 11) is 2.16. The van der Waals surface area contributed by atoms with Crippen LogP contribution in [0.25, 0.3) is 0 Å². The molecule has 1 aromatic heterocycles. The number of likely N-dealkylation sites (N-methyl/N-ethyl adjacent to an activating group) is 1. The molecule has 1 aliphatic rings. The van der Waals surface area contributed by atoms with E-state index in [0.29, 0.717) is 0 Å². The van der Waals surface area contributed by atoms with Crippen LogP contribution in [0.4, 0.5) is 0 Å². The van der Waals surface area contributed by atoms with E-state index in [9.17, 15) is 0 Å². The summed E-state index contributed by atoms with van der Waals surface area (Å²) in [6, 6.07) is 0.210. The predicted molar refractivity (Wildman–Crippen MR) is 70.5 cm³/mol. The van der Waals surface area contributed by atoms with Crippen LogP contribution in [0, 0.1) is 0 Å². The monoisotopic (exact) mass is 252 g/mol. The van der Waals surface area contributed by atoms with Crippen molar-refractivity contribution in [3.05, 3.63) is 11.7 Å². The van der Waals surface area contributed by atoms with Crippen molar-refractivity contribution in [1.29, 1.82) is 0 Å². The molecule has 2 rings (SSSR count). The Labute approximate surface area is 109 Å². The molecule has 1 unspecified atom stereocenters. The number of rotatable bonds is 2. The minimum atomic E-state index is -0.0520. The van der Waals surface area contributed by atoms with Gasteiger partial charge in [0.15, 0.2) is 5.82 Å². The van der Waals surface area contributed by atoms with Crippen LogP contribution < -0.4 is 0 Å². The molecule has 2 heterocycles. The summed E-state index contributed by atoms with van der Waals surface area (Å²) < 4.78 is 5.42. The number of hydrogen-bond acceptors (Lipinski definition) is 5. The molecule has 18 heavy (non-hydrogen) atoms. The highest BCUT2D eigenvalue weighted by molar-refractivity contribution is 5.02. The lowest BCUT2D eigenvalue weighted by Gasteiger charge is -2.34. The van der Waals surface area contributed by atoms with Crippen LogP contribution in [0.3, 0.4) is 0 Å². The number of hydrogen-bond donors (Lipinski definition) is 0. The molecule has 0 aliphatic carbocycles. The topological polar surface area (TPSA) is 45.4 Å². The van der Waals surface area contributed by atoms with Crippen LogP contribution in [0.15, 0.2) is 4.52 Å². The third-order valence-corrected chi connectivity index (χ3v) is 3.56. The molecule has 0 aromatic carbocycles. The Morgan fingerprint density at radius 3 is 2.28 bits per heavy atom. The Morgan fingerprint density at radius 1 is 1.17 bits per heavy atom. The van der Waals surface area contributed by atoms with Gasteiger partial charge in [-0.05, 0) is 14.0 Å². The highest BCUT2D eigenvalue weighted by Crippen LogP contribution is 2.24. The van der Waals surface area contributed by atoms with E-state index in [-0.39, 0.29) is 11.5 Å². The second kappa shape index (κ2) is 4.97. The average Bonchev–Trinajstić information content (AvgIpc) is 2.78. The Hall–Kier alpha value is -0.940. The van der Waals surface area contributed by atoms with Gasteiger partial charge in [-0.15, -0.1) is 0 Å². The molecular formula is C13H24N4O.